The molecule has 35 heavy (non-hydrogen) atoms. The van der Waals surface area contributed by atoms with E-state index in [0.717, 1.165) is 67.0 Å². The van der Waals surface area contributed by atoms with Crippen LogP contribution in [0.15, 0.2) is 59.1 Å². The van der Waals surface area contributed by atoms with Crippen LogP contribution in [-0.4, -0.2) is 62.6 Å². The molecule has 1 aliphatic heterocycles. The predicted molar refractivity (Wildman–Crippen MR) is 137 cm³/mol. The standard InChI is InChI=1S/C26H30N6O2S/c1-19-8-10-21(11-9-19)32-25(23-6-4-5-7-24(23)33-3)27-31(26(32)35)18-30-14-12-29(13-15-30)17-22-16-20(2)28-34-22/h4-11,16H,12-15,17-18H2,1-3H3. The predicted octanol–water partition coefficient (Wildman–Crippen LogP) is 4.46. The van der Waals surface area contributed by atoms with Crippen LogP contribution in [-0.2, 0) is 13.2 Å². The average molecular weight is 491 g/mol. The van der Waals surface area contributed by atoms with Gasteiger partial charge in [-0.2, -0.15) is 0 Å². The second-order valence-corrected chi connectivity index (χ2v) is 9.31. The number of piperazine rings is 1. The van der Waals surface area contributed by atoms with E-state index in [4.69, 9.17) is 26.6 Å². The number of nitrogens with zero attached hydrogens (tertiary/aromatic N) is 6. The second-order valence-electron chi connectivity index (χ2n) is 8.95. The van der Waals surface area contributed by atoms with Crippen molar-refractivity contribution >= 4 is 12.2 Å². The van der Waals surface area contributed by atoms with Gasteiger partial charge in [-0.15, -0.1) is 5.10 Å². The highest BCUT2D eigenvalue weighted by Crippen LogP contribution is 2.31. The molecule has 0 spiro atoms. The molecular formula is C26H30N6O2S. The maximum atomic E-state index is 5.95. The molecule has 5 rings (SSSR count). The lowest BCUT2D eigenvalue weighted by Gasteiger charge is -2.33. The van der Waals surface area contributed by atoms with E-state index in [2.05, 4.69) is 46.1 Å². The third-order valence-corrected chi connectivity index (χ3v) is 6.73. The van der Waals surface area contributed by atoms with Gasteiger partial charge in [0.2, 0.25) is 4.77 Å². The summed E-state index contributed by atoms with van der Waals surface area (Å²) < 4.78 is 15.7. The van der Waals surface area contributed by atoms with Gasteiger partial charge in [-0.25, -0.2) is 4.68 Å². The summed E-state index contributed by atoms with van der Waals surface area (Å²) in [6.07, 6.45) is 0. The number of methoxy groups -OCH3 is 1. The monoisotopic (exact) mass is 490 g/mol. The van der Waals surface area contributed by atoms with Gasteiger partial charge in [0.25, 0.3) is 0 Å². The highest BCUT2D eigenvalue weighted by molar-refractivity contribution is 7.71. The summed E-state index contributed by atoms with van der Waals surface area (Å²) in [6, 6.07) is 18.3. The fraction of sp³-hybridized carbons (Fsp3) is 0.346. The molecule has 0 amide bonds. The van der Waals surface area contributed by atoms with Gasteiger partial charge in [-0.1, -0.05) is 35.0 Å². The zero-order chi connectivity index (χ0) is 24.4. The van der Waals surface area contributed by atoms with Crippen molar-refractivity contribution in [3.63, 3.8) is 0 Å². The van der Waals surface area contributed by atoms with Gasteiger partial charge in [0.05, 0.1) is 31.6 Å². The van der Waals surface area contributed by atoms with Crippen molar-refractivity contribution in [3.8, 4) is 22.8 Å². The summed E-state index contributed by atoms with van der Waals surface area (Å²) in [5.74, 6) is 2.45. The number of rotatable bonds is 7. The maximum Gasteiger partial charge on any atom is 0.204 e. The van der Waals surface area contributed by atoms with E-state index in [0.29, 0.717) is 11.4 Å². The molecule has 9 heteroatoms. The van der Waals surface area contributed by atoms with Gasteiger partial charge < -0.3 is 9.26 Å². The van der Waals surface area contributed by atoms with E-state index in [1.54, 1.807) is 7.11 Å². The van der Waals surface area contributed by atoms with Crippen molar-refractivity contribution in [1.82, 2.24) is 29.3 Å². The summed E-state index contributed by atoms with van der Waals surface area (Å²) in [5.41, 5.74) is 4.01. The Morgan fingerprint density at radius 3 is 2.37 bits per heavy atom. The molecule has 0 bridgehead atoms. The van der Waals surface area contributed by atoms with Gasteiger partial charge in [-0.3, -0.25) is 14.4 Å². The molecule has 2 aromatic heterocycles. The lowest BCUT2D eigenvalue weighted by atomic mass is 10.1. The Balaban J connectivity index is 1.40. The van der Waals surface area contributed by atoms with E-state index in [-0.39, 0.29) is 0 Å². The minimum atomic E-state index is 0.634. The normalized spacial score (nSPS) is 14.9. The number of aryl methyl sites for hydroxylation is 2. The molecule has 3 heterocycles. The van der Waals surface area contributed by atoms with E-state index in [9.17, 15) is 0 Å². The molecule has 0 N–H and O–H groups in total. The summed E-state index contributed by atoms with van der Waals surface area (Å²) in [7, 11) is 1.68. The third kappa shape index (κ3) is 5.07. The van der Waals surface area contributed by atoms with E-state index in [1.165, 1.54) is 5.56 Å². The van der Waals surface area contributed by atoms with Gasteiger partial charge in [-0.05, 0) is 50.3 Å². The minimum Gasteiger partial charge on any atom is -0.496 e. The molecule has 0 saturated carbocycles. The molecule has 0 aliphatic carbocycles. The van der Waals surface area contributed by atoms with Crippen molar-refractivity contribution in [1.29, 1.82) is 0 Å². The molecule has 182 valence electrons. The molecule has 1 fully saturated rings. The van der Waals surface area contributed by atoms with Gasteiger partial charge in [0.1, 0.15) is 5.75 Å². The average Bonchev–Trinajstić information content (AvgIpc) is 3.43. The molecule has 2 aromatic carbocycles. The Hall–Kier alpha value is -3.27. The number of para-hydroxylation sites is 1. The SMILES string of the molecule is COc1ccccc1-c1nn(CN2CCN(Cc3cc(C)no3)CC2)c(=S)n1-c1ccc(C)cc1. The van der Waals surface area contributed by atoms with Crippen LogP contribution in [0.5, 0.6) is 5.75 Å². The minimum absolute atomic E-state index is 0.634. The Morgan fingerprint density at radius 2 is 1.69 bits per heavy atom. The highest BCUT2D eigenvalue weighted by Gasteiger charge is 2.22. The molecule has 1 saturated heterocycles. The van der Waals surface area contributed by atoms with Crippen LogP contribution in [0.4, 0.5) is 0 Å². The van der Waals surface area contributed by atoms with Gasteiger partial charge in [0, 0.05) is 37.9 Å². The van der Waals surface area contributed by atoms with Crippen molar-refractivity contribution in [2.45, 2.75) is 27.1 Å². The Labute approximate surface area is 210 Å². The first-order valence-corrected chi connectivity index (χ1v) is 12.2. The quantitative estimate of drug-likeness (QED) is 0.355. The summed E-state index contributed by atoms with van der Waals surface area (Å²) in [4.78, 5) is 4.78. The topological polar surface area (TPSA) is 64.5 Å². The van der Waals surface area contributed by atoms with Crippen LogP contribution in [0.3, 0.4) is 0 Å². The van der Waals surface area contributed by atoms with Crippen LogP contribution >= 0.6 is 12.2 Å². The van der Waals surface area contributed by atoms with E-state index < -0.39 is 0 Å². The van der Waals surface area contributed by atoms with Crippen LogP contribution in [0, 0.1) is 18.6 Å². The smallest absolute Gasteiger partial charge is 0.204 e. The van der Waals surface area contributed by atoms with Crippen LogP contribution < -0.4 is 4.74 Å². The van der Waals surface area contributed by atoms with Crippen molar-refractivity contribution in [3.05, 3.63) is 76.4 Å². The highest BCUT2D eigenvalue weighted by atomic mass is 32.1. The Bertz CT molecular complexity index is 1350. The molecule has 4 aromatic rings. The third-order valence-electron chi connectivity index (χ3n) is 6.33. The first-order chi connectivity index (χ1) is 17.0. The molecule has 0 atom stereocenters. The van der Waals surface area contributed by atoms with Crippen molar-refractivity contribution in [2.75, 3.05) is 33.3 Å². The maximum absolute atomic E-state index is 5.95. The van der Waals surface area contributed by atoms with Crippen LogP contribution in [0.2, 0.25) is 0 Å². The molecule has 1 aliphatic rings. The van der Waals surface area contributed by atoms with Crippen molar-refractivity contribution in [2.24, 2.45) is 0 Å². The van der Waals surface area contributed by atoms with Gasteiger partial charge in [0.15, 0.2) is 11.6 Å². The van der Waals surface area contributed by atoms with Crippen LogP contribution in [0.25, 0.3) is 17.1 Å². The largest absolute Gasteiger partial charge is 0.496 e. The first-order valence-electron chi connectivity index (χ1n) is 11.8. The lowest BCUT2D eigenvalue weighted by molar-refractivity contribution is 0.0921. The van der Waals surface area contributed by atoms with Crippen molar-refractivity contribution < 1.29 is 9.26 Å². The molecule has 8 nitrogen and oxygen atoms in total. The number of hydrogen-bond acceptors (Lipinski definition) is 7. The number of benzene rings is 2. The number of ether oxygens (including phenoxy) is 1. The molecule has 0 unspecified atom stereocenters. The van der Waals surface area contributed by atoms with E-state index >= 15 is 0 Å². The number of hydrogen-bond donors (Lipinski definition) is 0. The lowest BCUT2D eigenvalue weighted by Crippen LogP contribution is -2.46. The zero-order valence-corrected chi connectivity index (χ0v) is 21.2. The Kier molecular flexibility index (Phi) is 6.81. The molecular weight excluding hydrogens is 460 g/mol. The summed E-state index contributed by atoms with van der Waals surface area (Å²) in [5, 5.41) is 8.98. The fourth-order valence-corrected chi connectivity index (χ4v) is 4.71. The van der Waals surface area contributed by atoms with Crippen LogP contribution in [0.1, 0.15) is 17.0 Å². The number of aromatic nitrogens is 4. The molecule has 0 radical (unpaired) electrons. The van der Waals surface area contributed by atoms with Gasteiger partial charge >= 0.3 is 0 Å². The van der Waals surface area contributed by atoms with E-state index in [1.807, 2.05) is 46.5 Å². The summed E-state index contributed by atoms with van der Waals surface area (Å²) >= 11 is 5.95. The summed E-state index contributed by atoms with van der Waals surface area (Å²) in [6.45, 7) is 9.20. The second kappa shape index (κ2) is 10.2. The fourth-order valence-electron chi connectivity index (χ4n) is 4.42. The first kappa shape index (κ1) is 23.5. The Morgan fingerprint density at radius 1 is 0.971 bits per heavy atom. The zero-order valence-electron chi connectivity index (χ0n) is 20.3.